The SMILES string of the molecule is Cc1c(Oc2ccc(F)c(-c3ncc(C4(c5cccc(CCC=O)c5)CCOC4)[nH]3)c2)c(F)cc2[nH]ccc12. The molecule has 1 aliphatic heterocycles. The molecule has 3 aromatic carbocycles. The van der Waals surface area contributed by atoms with E-state index in [1.54, 1.807) is 19.3 Å². The Morgan fingerprint density at radius 3 is 2.85 bits per heavy atom. The minimum atomic E-state index is -0.507. The topological polar surface area (TPSA) is 80.0 Å². The third-order valence-electron chi connectivity index (χ3n) is 7.57. The van der Waals surface area contributed by atoms with Gasteiger partial charge in [0.15, 0.2) is 11.6 Å². The van der Waals surface area contributed by atoms with Crippen molar-refractivity contribution in [3.63, 3.8) is 0 Å². The van der Waals surface area contributed by atoms with Crippen LogP contribution in [0.2, 0.25) is 0 Å². The molecule has 0 bridgehead atoms. The summed E-state index contributed by atoms with van der Waals surface area (Å²) < 4.78 is 41.7. The quantitative estimate of drug-likeness (QED) is 0.218. The van der Waals surface area contributed by atoms with E-state index in [1.807, 2.05) is 24.3 Å². The molecule has 6 rings (SSSR count). The summed E-state index contributed by atoms with van der Waals surface area (Å²) in [5.41, 5.74) is 4.01. The largest absolute Gasteiger partial charge is 0.454 e. The van der Waals surface area contributed by atoms with E-state index in [0.29, 0.717) is 48.7 Å². The number of ether oxygens (including phenoxy) is 2. The summed E-state index contributed by atoms with van der Waals surface area (Å²) in [4.78, 5) is 21.7. The molecular weight excluding hydrogens is 500 g/mol. The van der Waals surface area contributed by atoms with Crippen molar-refractivity contribution in [1.29, 1.82) is 0 Å². The zero-order valence-corrected chi connectivity index (χ0v) is 21.4. The molecule has 1 atom stereocenters. The van der Waals surface area contributed by atoms with Gasteiger partial charge in [0.25, 0.3) is 0 Å². The molecule has 0 spiro atoms. The van der Waals surface area contributed by atoms with Gasteiger partial charge in [-0.3, -0.25) is 0 Å². The van der Waals surface area contributed by atoms with E-state index in [2.05, 4.69) is 21.0 Å². The molecule has 39 heavy (non-hydrogen) atoms. The summed E-state index contributed by atoms with van der Waals surface area (Å²) in [5, 5.41) is 0.851. The maximum Gasteiger partial charge on any atom is 0.168 e. The van der Waals surface area contributed by atoms with Crippen molar-refractivity contribution >= 4 is 17.2 Å². The Balaban J connectivity index is 1.34. The van der Waals surface area contributed by atoms with Crippen LogP contribution >= 0.6 is 0 Å². The van der Waals surface area contributed by atoms with Crippen molar-refractivity contribution in [2.24, 2.45) is 0 Å². The number of benzene rings is 3. The van der Waals surface area contributed by atoms with Gasteiger partial charge in [0.1, 0.15) is 23.7 Å². The van der Waals surface area contributed by atoms with Gasteiger partial charge in [0, 0.05) is 53.6 Å². The first kappa shape index (κ1) is 25.0. The van der Waals surface area contributed by atoms with Crippen LogP contribution in [-0.2, 0) is 21.4 Å². The number of carbonyl (C=O) groups excluding carboxylic acids is 1. The summed E-state index contributed by atoms with van der Waals surface area (Å²) in [6.45, 7) is 2.83. The molecule has 0 aliphatic carbocycles. The third kappa shape index (κ3) is 4.51. The van der Waals surface area contributed by atoms with Gasteiger partial charge in [-0.05, 0) is 55.2 Å². The average Bonchev–Trinajstić information content (AvgIpc) is 3.72. The highest BCUT2D eigenvalue weighted by atomic mass is 19.1. The molecule has 0 amide bonds. The fourth-order valence-electron chi connectivity index (χ4n) is 5.43. The van der Waals surface area contributed by atoms with Crippen LogP contribution < -0.4 is 4.74 Å². The van der Waals surface area contributed by atoms with Gasteiger partial charge in [-0.1, -0.05) is 24.3 Å². The van der Waals surface area contributed by atoms with E-state index >= 15 is 4.39 Å². The summed E-state index contributed by atoms with van der Waals surface area (Å²) in [6, 6.07) is 15.7. The Bertz CT molecular complexity index is 1670. The van der Waals surface area contributed by atoms with Gasteiger partial charge >= 0.3 is 0 Å². The maximum atomic E-state index is 15.0. The number of nitrogens with zero attached hydrogens (tertiary/aromatic N) is 1. The van der Waals surface area contributed by atoms with Gasteiger partial charge in [-0.25, -0.2) is 13.8 Å². The zero-order chi connectivity index (χ0) is 27.0. The van der Waals surface area contributed by atoms with Crippen LogP contribution in [0.25, 0.3) is 22.3 Å². The summed E-state index contributed by atoms with van der Waals surface area (Å²) in [7, 11) is 0. The van der Waals surface area contributed by atoms with Crippen LogP contribution in [0.5, 0.6) is 11.5 Å². The third-order valence-corrected chi connectivity index (χ3v) is 7.57. The Morgan fingerprint density at radius 2 is 2.03 bits per heavy atom. The van der Waals surface area contributed by atoms with Crippen molar-refractivity contribution in [2.75, 3.05) is 13.2 Å². The van der Waals surface area contributed by atoms with Gasteiger partial charge in [0.2, 0.25) is 0 Å². The number of halogens is 2. The lowest BCUT2D eigenvalue weighted by Crippen LogP contribution is -2.28. The number of hydrogen-bond acceptors (Lipinski definition) is 4. The number of rotatable bonds is 8. The maximum absolute atomic E-state index is 15.0. The second kappa shape index (κ2) is 10.1. The highest BCUT2D eigenvalue weighted by molar-refractivity contribution is 5.85. The molecule has 2 aromatic heterocycles. The average molecular weight is 528 g/mol. The van der Waals surface area contributed by atoms with Gasteiger partial charge in [-0.2, -0.15) is 0 Å². The molecule has 8 heteroatoms. The molecule has 3 heterocycles. The number of carbonyl (C=O) groups is 1. The molecule has 1 fully saturated rings. The molecule has 1 saturated heterocycles. The fraction of sp³-hybridized carbons (Fsp3) is 0.226. The molecule has 5 aromatic rings. The lowest BCUT2D eigenvalue weighted by atomic mass is 9.76. The van der Waals surface area contributed by atoms with Crippen LogP contribution in [0.1, 0.15) is 35.2 Å². The predicted molar refractivity (Wildman–Crippen MR) is 144 cm³/mol. The molecule has 1 unspecified atom stereocenters. The number of aromatic nitrogens is 3. The molecule has 6 nitrogen and oxygen atoms in total. The van der Waals surface area contributed by atoms with E-state index in [9.17, 15) is 9.18 Å². The molecule has 198 valence electrons. The Kier molecular flexibility index (Phi) is 6.48. The van der Waals surface area contributed by atoms with Crippen molar-refractivity contribution in [3.05, 3.63) is 101 Å². The number of hydrogen-bond donors (Lipinski definition) is 2. The minimum Gasteiger partial charge on any atom is -0.454 e. The van der Waals surface area contributed by atoms with Crippen molar-refractivity contribution in [1.82, 2.24) is 15.0 Å². The second-order valence-corrected chi connectivity index (χ2v) is 9.93. The standard InChI is InChI=1S/C31H27F2N3O3/c1-19-23-9-11-34-27(23)16-26(33)29(19)39-22-7-8-25(32)24(15-22)30-35-17-28(36-30)31(10-13-38-18-31)21-6-2-4-20(14-21)5-3-12-37/h2,4,6-9,11-12,14-17,34H,3,5,10,13,18H2,1H3,(H,35,36). The van der Waals surface area contributed by atoms with Crippen molar-refractivity contribution < 1.29 is 23.0 Å². The smallest absolute Gasteiger partial charge is 0.168 e. The Morgan fingerprint density at radius 1 is 1.13 bits per heavy atom. The Labute approximate surface area is 224 Å². The highest BCUT2D eigenvalue weighted by Gasteiger charge is 2.40. The van der Waals surface area contributed by atoms with Crippen LogP contribution in [0.4, 0.5) is 8.78 Å². The normalized spacial score (nSPS) is 17.1. The monoisotopic (exact) mass is 527 g/mol. The summed E-state index contributed by atoms with van der Waals surface area (Å²) in [5.74, 6) is -0.254. The van der Waals surface area contributed by atoms with E-state index in [0.717, 1.165) is 34.9 Å². The number of nitrogens with one attached hydrogen (secondary N) is 2. The fourth-order valence-corrected chi connectivity index (χ4v) is 5.43. The van der Waals surface area contributed by atoms with Gasteiger partial charge < -0.3 is 24.2 Å². The molecule has 2 N–H and O–H groups in total. The first-order valence-electron chi connectivity index (χ1n) is 12.9. The second-order valence-electron chi connectivity index (χ2n) is 9.93. The summed E-state index contributed by atoms with van der Waals surface area (Å²) >= 11 is 0. The number of aryl methyl sites for hydroxylation is 2. The first-order chi connectivity index (χ1) is 19.0. The molecule has 1 aliphatic rings. The van der Waals surface area contributed by atoms with Crippen LogP contribution in [0.15, 0.2) is 67.0 Å². The first-order valence-corrected chi connectivity index (χ1v) is 12.9. The number of fused-ring (bicyclic) bond motifs is 1. The number of aromatic amines is 2. The van der Waals surface area contributed by atoms with Gasteiger partial charge in [-0.15, -0.1) is 0 Å². The van der Waals surface area contributed by atoms with Crippen LogP contribution in [0.3, 0.4) is 0 Å². The van der Waals surface area contributed by atoms with Crippen LogP contribution in [-0.4, -0.2) is 34.5 Å². The van der Waals surface area contributed by atoms with E-state index in [4.69, 9.17) is 9.47 Å². The molecule has 0 saturated carbocycles. The predicted octanol–water partition coefficient (Wildman–Crippen LogP) is 6.77. The summed E-state index contributed by atoms with van der Waals surface area (Å²) in [6.07, 6.45) is 6.24. The van der Waals surface area contributed by atoms with Crippen LogP contribution in [0, 0.1) is 18.6 Å². The van der Waals surface area contributed by atoms with E-state index < -0.39 is 17.0 Å². The van der Waals surface area contributed by atoms with Crippen molar-refractivity contribution in [3.8, 4) is 22.9 Å². The highest BCUT2D eigenvalue weighted by Crippen LogP contribution is 2.41. The lowest BCUT2D eigenvalue weighted by Gasteiger charge is -2.27. The van der Waals surface area contributed by atoms with Gasteiger partial charge in [0.05, 0.1) is 17.6 Å². The Hall–Kier alpha value is -4.30. The number of imidazole rings is 1. The van der Waals surface area contributed by atoms with Crippen molar-refractivity contribution in [2.45, 2.75) is 31.6 Å². The number of H-pyrrole nitrogens is 2. The van der Waals surface area contributed by atoms with E-state index in [-0.39, 0.29) is 11.3 Å². The van der Waals surface area contributed by atoms with E-state index in [1.165, 1.54) is 24.3 Å². The molecular formula is C31H27F2N3O3. The lowest BCUT2D eigenvalue weighted by molar-refractivity contribution is -0.107. The molecule has 0 radical (unpaired) electrons. The minimum absolute atomic E-state index is 0.0938. The zero-order valence-electron chi connectivity index (χ0n) is 21.4. The number of aldehydes is 1.